The number of ketones is 3. The summed E-state index contributed by atoms with van der Waals surface area (Å²) >= 11 is 0. The van der Waals surface area contributed by atoms with Gasteiger partial charge < -0.3 is 43.7 Å². The van der Waals surface area contributed by atoms with E-state index in [0.29, 0.717) is 11.5 Å². The van der Waals surface area contributed by atoms with Crippen LogP contribution in [-0.4, -0.2) is 113 Å². The van der Waals surface area contributed by atoms with Crippen LogP contribution >= 0.6 is 0 Å². The quantitative estimate of drug-likeness (QED) is 0.0142. The van der Waals surface area contributed by atoms with Gasteiger partial charge in [-0.2, -0.15) is 0 Å². The number of hydrogen-bond acceptors (Lipinski definition) is 15. The van der Waals surface area contributed by atoms with Gasteiger partial charge in [-0.25, -0.2) is 24.0 Å². The molecule has 0 amide bonds. The van der Waals surface area contributed by atoms with E-state index in [1.165, 1.54) is 18.2 Å². The van der Waals surface area contributed by atoms with Crippen LogP contribution in [0.2, 0.25) is 0 Å². The van der Waals surface area contributed by atoms with Crippen molar-refractivity contribution >= 4 is 53.2 Å². The molecule has 0 heterocycles. The van der Waals surface area contributed by atoms with Gasteiger partial charge in [0, 0.05) is 40.7 Å². The number of carbonyl (C=O) groups excluding carboxylic acids is 6. The molecular weight excluding hydrogens is 1100 g/mol. The van der Waals surface area contributed by atoms with E-state index in [-0.39, 0.29) is 42.7 Å². The van der Waals surface area contributed by atoms with E-state index in [9.17, 15) is 58.5 Å². The summed E-state index contributed by atoms with van der Waals surface area (Å²) in [7, 11) is 0. The second-order valence-electron chi connectivity index (χ2n) is 21.3. The van der Waals surface area contributed by atoms with Crippen LogP contribution in [0.1, 0.15) is 120 Å². The monoisotopic (exact) mass is 1170 g/mol. The minimum absolute atomic E-state index is 0.0977. The highest BCUT2D eigenvalue weighted by Gasteiger charge is 2.47. The Kier molecular flexibility index (Phi) is 19.2. The summed E-state index contributed by atoms with van der Waals surface area (Å²) in [6.45, 7) is 11.8. The number of ether oxygens (including phenoxy) is 6. The first-order valence-corrected chi connectivity index (χ1v) is 27.5. The number of aromatic carboxylic acids is 2. The molecule has 2 aliphatic rings. The largest absolute Gasteiger partial charge is 0.491 e. The number of hydrogen-bond donors (Lipinski definition) is 3. The van der Waals surface area contributed by atoms with Crippen molar-refractivity contribution in [2.75, 3.05) is 26.4 Å². The zero-order chi connectivity index (χ0) is 62.0. The molecule has 0 saturated heterocycles. The Morgan fingerprint density at radius 3 is 1.50 bits per heavy atom. The van der Waals surface area contributed by atoms with Crippen molar-refractivity contribution in [3.05, 3.63) is 227 Å². The molecule has 442 valence electrons. The highest BCUT2D eigenvalue weighted by molar-refractivity contribution is 6.14. The lowest BCUT2D eigenvalue weighted by Gasteiger charge is -2.35. The van der Waals surface area contributed by atoms with Crippen molar-refractivity contribution in [2.24, 2.45) is 17.8 Å². The van der Waals surface area contributed by atoms with Crippen LogP contribution in [0.25, 0.3) is 11.1 Å². The third-order valence-electron chi connectivity index (χ3n) is 15.0. The van der Waals surface area contributed by atoms with E-state index < -0.39 is 124 Å². The molecule has 0 spiro atoms. The number of rotatable bonds is 27. The first-order chi connectivity index (χ1) is 41.1. The third kappa shape index (κ3) is 13.3. The number of benzene rings is 6. The van der Waals surface area contributed by atoms with E-state index in [4.69, 9.17) is 28.4 Å². The predicted octanol–water partition coefficient (Wildman–Crippen LogP) is 10.4. The van der Waals surface area contributed by atoms with Gasteiger partial charge >= 0.3 is 35.8 Å². The summed E-state index contributed by atoms with van der Waals surface area (Å²) in [4.78, 5) is 115. The number of allylic oxidation sites excluding steroid dienone is 2. The summed E-state index contributed by atoms with van der Waals surface area (Å²) < 4.78 is 35.1. The molecule has 18 heteroatoms. The van der Waals surface area contributed by atoms with Crippen molar-refractivity contribution < 1.29 is 86.9 Å². The molecular formula is C68H62O18. The van der Waals surface area contributed by atoms with E-state index in [2.05, 4.69) is 25.3 Å². The number of esters is 3. The molecule has 6 aromatic rings. The van der Waals surface area contributed by atoms with Crippen LogP contribution in [0.4, 0.5) is 0 Å². The second kappa shape index (κ2) is 26.7. The summed E-state index contributed by atoms with van der Waals surface area (Å²) in [6, 6.07) is 37.4. The van der Waals surface area contributed by atoms with Crippen LogP contribution in [0.3, 0.4) is 0 Å². The maximum Gasteiger partial charge on any atom is 0.339 e. The Labute approximate surface area is 495 Å². The zero-order valence-corrected chi connectivity index (χ0v) is 47.5. The minimum Gasteiger partial charge on any atom is -0.491 e. The fourth-order valence-electron chi connectivity index (χ4n) is 10.8. The van der Waals surface area contributed by atoms with Gasteiger partial charge in [0.05, 0.1) is 28.0 Å². The van der Waals surface area contributed by atoms with Crippen LogP contribution in [-0.2, 0) is 43.5 Å². The van der Waals surface area contributed by atoms with Crippen molar-refractivity contribution in [3.8, 4) is 22.6 Å². The van der Waals surface area contributed by atoms with E-state index in [1.807, 2.05) is 60.7 Å². The maximum atomic E-state index is 13.9. The Hall–Kier alpha value is -10.1. The first kappa shape index (κ1) is 62.0. The highest BCUT2D eigenvalue weighted by atomic mass is 16.6. The zero-order valence-electron chi connectivity index (χ0n) is 47.5. The molecule has 0 aromatic heterocycles. The van der Waals surface area contributed by atoms with E-state index in [1.54, 1.807) is 64.1 Å². The third-order valence-corrected chi connectivity index (χ3v) is 15.0. The first-order valence-electron chi connectivity index (χ1n) is 27.5. The van der Waals surface area contributed by atoms with Crippen LogP contribution in [0, 0.1) is 17.8 Å². The number of fused-ring (bicyclic) bond motifs is 3. The Bertz CT molecular complexity index is 3640. The molecule has 8 rings (SSSR count). The van der Waals surface area contributed by atoms with Crippen LogP contribution < -0.4 is 9.47 Å². The molecule has 2 aliphatic carbocycles. The van der Waals surface area contributed by atoms with E-state index >= 15 is 0 Å². The lowest BCUT2D eigenvalue weighted by Crippen LogP contribution is -2.48. The highest BCUT2D eigenvalue weighted by Crippen LogP contribution is 2.56. The average molecular weight is 1170 g/mol. The molecule has 0 bridgehead atoms. The average Bonchev–Trinajstić information content (AvgIpc) is 1.55. The van der Waals surface area contributed by atoms with Gasteiger partial charge in [-0.1, -0.05) is 124 Å². The number of aliphatic carboxylic acids is 1. The molecule has 0 saturated carbocycles. The fourth-order valence-corrected chi connectivity index (χ4v) is 10.8. The smallest absolute Gasteiger partial charge is 0.339 e. The Morgan fingerprint density at radius 1 is 0.570 bits per heavy atom. The van der Waals surface area contributed by atoms with Gasteiger partial charge in [0.15, 0.2) is 23.5 Å². The van der Waals surface area contributed by atoms with Crippen molar-refractivity contribution in [1.29, 1.82) is 0 Å². The summed E-state index contributed by atoms with van der Waals surface area (Å²) in [5.74, 6) is -10.0. The molecule has 3 N–H and O–H groups in total. The number of carboxylic acids is 3. The molecule has 4 unspecified atom stereocenters. The fraction of sp³-hybridized carbons (Fsp3) is 0.250. The van der Waals surface area contributed by atoms with Gasteiger partial charge in [-0.3, -0.25) is 19.2 Å². The number of Topliss-reactive ketones (excluding diaryl/α,β-unsaturated/α-hetero) is 2. The van der Waals surface area contributed by atoms with Gasteiger partial charge in [0.2, 0.25) is 0 Å². The molecule has 18 nitrogen and oxygen atoms in total. The molecule has 6 aromatic carbocycles. The van der Waals surface area contributed by atoms with Crippen molar-refractivity contribution in [2.45, 2.75) is 63.8 Å². The maximum absolute atomic E-state index is 13.9. The lowest BCUT2D eigenvalue weighted by molar-refractivity contribution is -0.167. The number of carboxylic acid groups (broad SMARTS) is 3. The molecule has 0 radical (unpaired) electrons. The Morgan fingerprint density at radius 2 is 1.02 bits per heavy atom. The SMILES string of the molecule is C=CC(=O)OCC(COc1ccc(C2(c3ccc(OCC(COC(=O)C=C)OC(C)(C)C(=O)C4CC=CCC4C(=O)O)cc3)c3ccccc3-c3ccccc32)cc1)OC(=O)c1ccc(C(=O)c2ccc(C(=O)C(C)C)c(C(=O)O)c2)cc1C(=O)O. The molecule has 4 atom stereocenters. The van der Waals surface area contributed by atoms with Gasteiger partial charge in [0.1, 0.15) is 49.6 Å². The van der Waals surface area contributed by atoms with Crippen molar-refractivity contribution in [1.82, 2.24) is 0 Å². The normalized spacial score (nSPS) is 15.4. The second-order valence-corrected chi connectivity index (χ2v) is 21.3. The summed E-state index contributed by atoms with van der Waals surface area (Å²) in [5, 5.41) is 30.0. The van der Waals surface area contributed by atoms with Gasteiger partial charge in [-0.15, -0.1) is 0 Å². The topological polar surface area (TPSA) is 270 Å². The van der Waals surface area contributed by atoms with Crippen LogP contribution in [0.5, 0.6) is 11.5 Å². The molecule has 0 aliphatic heterocycles. The minimum atomic E-state index is -1.60. The number of carbonyl (C=O) groups is 9. The Balaban J connectivity index is 1.03. The van der Waals surface area contributed by atoms with Gasteiger partial charge in [-0.05, 0) is 109 Å². The standard InChI is InChI=1S/C68H62O18/c1-7-58(69)83-36-46(85-66(80)53-32-22-41(34-55(53)65(78)79)61(72)40-21-31-50(60(71)39(3)4)54(33-40)64(76)77)35-81-44-27-23-42(24-28-44)68(56-19-13-11-15-48(56)49-16-12-14-20-57(49)68)43-25-29-45(30-26-43)82-37-47(38-84-59(70)8-2)86-67(5,6)62(73)51-17-9-10-18-52(51)63(74)75/h7-16,19-34,39,46-47,51-52H,1-2,17-18,35-38H2,3-6H3,(H,74,75)(H,76,77)(H,78,79). The lowest BCUT2D eigenvalue weighted by atomic mass is 9.68. The van der Waals surface area contributed by atoms with Crippen LogP contribution in [0.15, 0.2) is 171 Å². The van der Waals surface area contributed by atoms with E-state index in [0.717, 1.165) is 63.7 Å². The molecule has 86 heavy (non-hydrogen) atoms. The summed E-state index contributed by atoms with van der Waals surface area (Å²) in [5.41, 5.74) is 1.26. The van der Waals surface area contributed by atoms with Gasteiger partial charge in [0.25, 0.3) is 0 Å². The molecule has 0 fully saturated rings. The van der Waals surface area contributed by atoms with Crippen molar-refractivity contribution in [3.63, 3.8) is 0 Å². The predicted molar refractivity (Wildman–Crippen MR) is 313 cm³/mol. The summed E-state index contributed by atoms with van der Waals surface area (Å²) in [6.07, 6.45) is 3.60.